The summed E-state index contributed by atoms with van der Waals surface area (Å²) in [5.41, 5.74) is 1.78. The number of carbonyl (C=O) groups excluding carboxylic acids is 1. The Morgan fingerprint density at radius 1 is 1.10 bits per heavy atom. The standard InChI is InChI=1S/C17H27NO2/c1-16(2,3)12-11-13-9-7-8-10-14(13)18-15(19)20-17(4,5)6/h7-10H,11-12H2,1-6H3,(H,18,19). The van der Waals surface area contributed by atoms with Crippen molar-refractivity contribution in [1.29, 1.82) is 0 Å². The van der Waals surface area contributed by atoms with Gasteiger partial charge in [0.25, 0.3) is 0 Å². The fourth-order valence-corrected chi connectivity index (χ4v) is 1.78. The van der Waals surface area contributed by atoms with Crippen LogP contribution in [0.1, 0.15) is 53.5 Å². The van der Waals surface area contributed by atoms with Gasteiger partial charge in [0.15, 0.2) is 0 Å². The minimum atomic E-state index is -0.482. The van der Waals surface area contributed by atoms with Gasteiger partial charge in [-0.05, 0) is 50.7 Å². The van der Waals surface area contributed by atoms with Gasteiger partial charge in [0.2, 0.25) is 0 Å². The van der Waals surface area contributed by atoms with Crippen molar-refractivity contribution in [3.05, 3.63) is 29.8 Å². The molecule has 3 heteroatoms. The van der Waals surface area contributed by atoms with Crippen LogP contribution in [0.5, 0.6) is 0 Å². The third kappa shape index (κ3) is 6.60. The summed E-state index contributed by atoms with van der Waals surface area (Å²) < 4.78 is 5.29. The van der Waals surface area contributed by atoms with Crippen molar-refractivity contribution in [1.82, 2.24) is 0 Å². The summed E-state index contributed by atoms with van der Waals surface area (Å²) in [6.07, 6.45) is 1.61. The SMILES string of the molecule is CC(C)(C)CCc1ccccc1NC(=O)OC(C)(C)C. The predicted octanol–water partition coefficient (Wildman–Crippen LogP) is 5.01. The van der Waals surface area contributed by atoms with Crippen LogP contribution < -0.4 is 5.32 Å². The van der Waals surface area contributed by atoms with E-state index in [0.29, 0.717) is 0 Å². The average Bonchev–Trinajstić information content (AvgIpc) is 2.24. The quantitative estimate of drug-likeness (QED) is 0.843. The topological polar surface area (TPSA) is 38.3 Å². The number of nitrogens with one attached hydrogen (secondary N) is 1. The van der Waals surface area contributed by atoms with E-state index in [9.17, 15) is 4.79 Å². The van der Waals surface area contributed by atoms with Gasteiger partial charge in [-0.15, -0.1) is 0 Å². The van der Waals surface area contributed by atoms with E-state index in [-0.39, 0.29) is 5.41 Å². The molecule has 0 heterocycles. The zero-order valence-electron chi connectivity index (χ0n) is 13.5. The van der Waals surface area contributed by atoms with Crippen LogP contribution in [0.25, 0.3) is 0 Å². The Labute approximate surface area is 122 Å². The largest absolute Gasteiger partial charge is 0.444 e. The molecule has 3 nitrogen and oxygen atoms in total. The molecule has 112 valence electrons. The maximum Gasteiger partial charge on any atom is 0.412 e. The van der Waals surface area contributed by atoms with E-state index in [1.54, 1.807) is 0 Å². The van der Waals surface area contributed by atoms with Crippen LogP contribution in [0.2, 0.25) is 0 Å². The summed E-state index contributed by atoms with van der Waals surface area (Å²) in [7, 11) is 0. The predicted molar refractivity (Wildman–Crippen MR) is 84.1 cm³/mol. The number of carbonyl (C=O) groups is 1. The monoisotopic (exact) mass is 277 g/mol. The molecule has 1 rings (SSSR count). The van der Waals surface area contributed by atoms with Crippen molar-refractivity contribution < 1.29 is 9.53 Å². The summed E-state index contributed by atoms with van der Waals surface area (Å²) >= 11 is 0. The average molecular weight is 277 g/mol. The summed E-state index contributed by atoms with van der Waals surface area (Å²) in [4.78, 5) is 11.8. The van der Waals surface area contributed by atoms with Gasteiger partial charge in [-0.2, -0.15) is 0 Å². The van der Waals surface area contributed by atoms with Crippen LogP contribution in [0, 0.1) is 5.41 Å². The van der Waals surface area contributed by atoms with Crippen LogP contribution >= 0.6 is 0 Å². The lowest BCUT2D eigenvalue weighted by atomic mass is 9.88. The molecule has 0 aromatic heterocycles. The molecule has 0 fully saturated rings. The number of amides is 1. The fraction of sp³-hybridized carbons (Fsp3) is 0.588. The van der Waals surface area contributed by atoms with Gasteiger partial charge in [-0.3, -0.25) is 5.32 Å². The van der Waals surface area contributed by atoms with Crippen LogP contribution in [0.4, 0.5) is 10.5 Å². The summed E-state index contributed by atoms with van der Waals surface area (Å²) in [5.74, 6) is 0. The number of hydrogen-bond donors (Lipinski definition) is 1. The highest BCUT2D eigenvalue weighted by molar-refractivity contribution is 5.85. The highest BCUT2D eigenvalue weighted by Crippen LogP contribution is 2.25. The maximum atomic E-state index is 11.8. The smallest absolute Gasteiger partial charge is 0.412 e. The number of benzene rings is 1. The number of aryl methyl sites for hydroxylation is 1. The summed E-state index contributed by atoms with van der Waals surface area (Å²) in [6.45, 7) is 12.2. The van der Waals surface area contributed by atoms with E-state index in [4.69, 9.17) is 4.74 Å². The van der Waals surface area contributed by atoms with Crippen LogP contribution in [-0.4, -0.2) is 11.7 Å². The molecule has 0 atom stereocenters. The molecule has 0 radical (unpaired) electrons. The molecular formula is C17H27NO2. The molecule has 20 heavy (non-hydrogen) atoms. The van der Waals surface area contributed by atoms with E-state index < -0.39 is 11.7 Å². The molecule has 0 aliphatic carbocycles. The second-order valence-corrected chi connectivity index (χ2v) is 7.34. The fourth-order valence-electron chi connectivity index (χ4n) is 1.78. The van der Waals surface area contributed by atoms with E-state index in [2.05, 4.69) is 32.2 Å². The van der Waals surface area contributed by atoms with Crippen LogP contribution in [0.15, 0.2) is 24.3 Å². The van der Waals surface area contributed by atoms with Crippen molar-refractivity contribution in [3.8, 4) is 0 Å². The van der Waals surface area contributed by atoms with Gasteiger partial charge in [0, 0.05) is 5.69 Å². The third-order valence-corrected chi connectivity index (χ3v) is 2.80. The lowest BCUT2D eigenvalue weighted by Gasteiger charge is -2.21. The van der Waals surface area contributed by atoms with Crippen molar-refractivity contribution >= 4 is 11.8 Å². The second kappa shape index (κ2) is 6.29. The molecule has 1 N–H and O–H groups in total. The molecule has 0 saturated heterocycles. The Bertz CT molecular complexity index is 453. The van der Waals surface area contributed by atoms with E-state index in [1.165, 1.54) is 0 Å². The Morgan fingerprint density at radius 2 is 1.70 bits per heavy atom. The Morgan fingerprint density at radius 3 is 2.25 bits per heavy atom. The van der Waals surface area contributed by atoms with Crippen molar-refractivity contribution in [3.63, 3.8) is 0 Å². The molecule has 1 aromatic carbocycles. The number of rotatable bonds is 3. The molecule has 0 aliphatic heterocycles. The number of hydrogen-bond acceptors (Lipinski definition) is 2. The Balaban J connectivity index is 2.73. The summed E-state index contributed by atoms with van der Waals surface area (Å²) in [6, 6.07) is 7.89. The normalized spacial score (nSPS) is 12.1. The molecule has 0 spiro atoms. The number of para-hydroxylation sites is 1. The van der Waals surface area contributed by atoms with Gasteiger partial charge in [-0.25, -0.2) is 4.79 Å². The number of ether oxygens (including phenoxy) is 1. The molecule has 1 amide bonds. The first-order chi connectivity index (χ1) is 9.07. The van der Waals surface area contributed by atoms with E-state index in [0.717, 1.165) is 24.1 Å². The van der Waals surface area contributed by atoms with Gasteiger partial charge in [0.05, 0.1) is 0 Å². The Kier molecular flexibility index (Phi) is 5.21. The lowest BCUT2D eigenvalue weighted by molar-refractivity contribution is 0.0636. The van der Waals surface area contributed by atoms with Crippen molar-refractivity contribution in [2.45, 2.75) is 60.0 Å². The summed E-state index contributed by atoms with van der Waals surface area (Å²) in [5, 5.41) is 2.84. The minimum Gasteiger partial charge on any atom is -0.444 e. The van der Waals surface area contributed by atoms with E-state index in [1.807, 2.05) is 39.0 Å². The van der Waals surface area contributed by atoms with Gasteiger partial charge >= 0.3 is 6.09 Å². The first-order valence-corrected chi connectivity index (χ1v) is 7.15. The van der Waals surface area contributed by atoms with Gasteiger partial charge in [-0.1, -0.05) is 39.0 Å². The first kappa shape index (κ1) is 16.5. The zero-order valence-corrected chi connectivity index (χ0v) is 13.5. The molecule has 1 aromatic rings. The molecule has 0 unspecified atom stereocenters. The highest BCUT2D eigenvalue weighted by atomic mass is 16.6. The maximum absolute atomic E-state index is 11.8. The third-order valence-electron chi connectivity index (χ3n) is 2.80. The van der Waals surface area contributed by atoms with Crippen LogP contribution in [-0.2, 0) is 11.2 Å². The lowest BCUT2D eigenvalue weighted by Crippen LogP contribution is -2.27. The number of anilines is 1. The Hall–Kier alpha value is -1.51. The zero-order chi connectivity index (χ0) is 15.4. The minimum absolute atomic E-state index is 0.277. The molecular weight excluding hydrogens is 250 g/mol. The van der Waals surface area contributed by atoms with Crippen molar-refractivity contribution in [2.24, 2.45) is 5.41 Å². The van der Waals surface area contributed by atoms with Crippen LogP contribution in [0.3, 0.4) is 0 Å². The first-order valence-electron chi connectivity index (χ1n) is 7.15. The van der Waals surface area contributed by atoms with Gasteiger partial charge in [0.1, 0.15) is 5.60 Å². The second-order valence-electron chi connectivity index (χ2n) is 7.34. The van der Waals surface area contributed by atoms with Crippen molar-refractivity contribution in [2.75, 3.05) is 5.32 Å². The molecule has 0 aliphatic rings. The van der Waals surface area contributed by atoms with E-state index >= 15 is 0 Å². The van der Waals surface area contributed by atoms with Gasteiger partial charge < -0.3 is 4.74 Å². The highest BCUT2D eigenvalue weighted by Gasteiger charge is 2.17. The molecule has 0 bridgehead atoms. The molecule has 0 saturated carbocycles.